The van der Waals surface area contributed by atoms with Crippen molar-refractivity contribution in [3.8, 4) is 0 Å². The minimum absolute atomic E-state index is 1.02. The Bertz CT molecular complexity index is 200. The van der Waals surface area contributed by atoms with Crippen molar-refractivity contribution in [3.63, 3.8) is 0 Å². The first-order chi connectivity index (χ1) is 6.00. The van der Waals surface area contributed by atoms with Crippen molar-refractivity contribution in [3.05, 3.63) is 0 Å². The van der Waals surface area contributed by atoms with E-state index in [9.17, 15) is 5.11 Å². The first-order valence-electron chi connectivity index (χ1n) is 3.00. The average molecular weight is 363 g/mol. The Hall–Kier alpha value is 2.28. The van der Waals surface area contributed by atoms with Crippen molar-refractivity contribution in [2.24, 2.45) is 0 Å². The molecule has 0 aromatic rings. The van der Waals surface area contributed by atoms with Crippen LogP contribution < -0.4 is 0 Å². The van der Waals surface area contributed by atoms with Crippen LogP contribution in [0, 0.1) is 0 Å². The fraction of sp³-hybridized carbons (Fsp3) is 1.00. The van der Waals surface area contributed by atoms with E-state index in [2.05, 4.69) is 0 Å². The molecule has 1 nitrogen and oxygen atoms in total. The molecule has 0 aliphatic rings. The summed E-state index contributed by atoms with van der Waals surface area (Å²) in [7, 11) is 0. The van der Waals surface area contributed by atoms with Crippen molar-refractivity contribution < 1.29 is 5.11 Å². The summed E-state index contributed by atoms with van der Waals surface area (Å²) >= 11 is 44.6. The van der Waals surface area contributed by atoms with E-state index in [0.717, 1.165) is 0 Å². The molecule has 0 unspecified atom stereocenters. The number of hydrogen-bond donors (Lipinski definition) is 0. The van der Waals surface area contributed by atoms with Crippen LogP contribution in [0.4, 0.5) is 0 Å². The molecule has 0 heterocycles. The first-order valence-corrected chi connectivity index (χ1v) is 6.14. The van der Waals surface area contributed by atoms with Gasteiger partial charge in [0.15, 0.2) is 13.0 Å². The van der Waals surface area contributed by atoms with Gasteiger partial charge >= 0.3 is 0 Å². The third kappa shape index (κ3) is 2.94. The third-order valence-electron chi connectivity index (χ3n) is 1.33. The third-order valence-corrected chi connectivity index (χ3v) is 6.24. The molecule has 0 atom stereocenters. The molecule has 85 valence electrons. The molecule has 0 bridgehead atoms. The summed E-state index contributed by atoms with van der Waals surface area (Å²) in [6.45, 7) is -1.02. The largest absolute Gasteiger partial charge is 0.233 e. The summed E-state index contributed by atoms with van der Waals surface area (Å²) in [5.74, 6) is 0. The van der Waals surface area contributed by atoms with Crippen molar-refractivity contribution in [2.75, 3.05) is 6.61 Å². The van der Waals surface area contributed by atoms with Gasteiger partial charge in [0.1, 0.15) is 11.4 Å². The zero-order valence-corrected chi connectivity index (χ0v) is 12.3. The monoisotopic (exact) mass is 359 g/mol. The topological polar surface area (TPSA) is 19.9 Å². The van der Waals surface area contributed by atoms with Crippen molar-refractivity contribution in [1.29, 1.82) is 0 Å². The maximum atomic E-state index is 10.6. The molecule has 0 spiro atoms. The maximum absolute atomic E-state index is 10.6. The lowest BCUT2D eigenvalue weighted by atomic mass is 10.2. The molecule has 0 amide bonds. The van der Waals surface area contributed by atoms with E-state index < -0.39 is 24.4 Å². The average Bonchev–Trinajstić information content (AvgIpc) is 2.03. The number of halogens is 8. The van der Waals surface area contributed by atoms with E-state index in [1.807, 2.05) is 0 Å². The smallest absolute Gasteiger partial charge is 0.188 e. The van der Waals surface area contributed by atoms with Crippen LogP contribution in [0.1, 0.15) is 0 Å². The molecule has 1 radical (unpaired) electrons. The Labute approximate surface area is 121 Å². The zero-order valence-electron chi connectivity index (χ0n) is 6.22. The van der Waals surface area contributed by atoms with Gasteiger partial charge in [0.2, 0.25) is 0 Å². The van der Waals surface area contributed by atoms with Crippen molar-refractivity contribution in [1.82, 2.24) is 0 Å². The van der Waals surface area contributed by atoms with Gasteiger partial charge in [-0.1, -0.05) is 69.6 Å². The van der Waals surface area contributed by atoms with Crippen LogP contribution >= 0.6 is 92.8 Å². The second kappa shape index (κ2) is 5.29. The molecule has 9 heteroatoms. The molecule has 0 aliphatic carbocycles. The van der Waals surface area contributed by atoms with Gasteiger partial charge in [0.25, 0.3) is 0 Å². The van der Waals surface area contributed by atoms with E-state index in [1.54, 1.807) is 0 Å². The second-order valence-electron chi connectivity index (χ2n) is 2.35. The minimum atomic E-state index is -2.21. The molecule has 0 aromatic heterocycles. The zero-order chi connectivity index (χ0) is 11.8. The molecule has 0 saturated carbocycles. The molecule has 0 rings (SSSR count). The molecule has 0 aromatic carbocycles. The highest BCUT2D eigenvalue weighted by Crippen LogP contribution is 2.57. The van der Waals surface area contributed by atoms with Gasteiger partial charge < -0.3 is 0 Å². The van der Waals surface area contributed by atoms with Crippen LogP contribution in [0.3, 0.4) is 0 Å². The normalized spacial score (nSPS) is 15.0. The van der Waals surface area contributed by atoms with Crippen LogP contribution in [-0.2, 0) is 5.11 Å². The summed E-state index contributed by atoms with van der Waals surface area (Å²) in [5.41, 5.74) is 0. The van der Waals surface area contributed by atoms with E-state index >= 15 is 0 Å². The summed E-state index contributed by atoms with van der Waals surface area (Å²) in [6, 6.07) is 0. The minimum Gasteiger partial charge on any atom is -0.233 e. The quantitative estimate of drug-likeness (QED) is 0.644. The Morgan fingerprint density at radius 2 is 1.29 bits per heavy atom. The van der Waals surface area contributed by atoms with Gasteiger partial charge in [-0.15, -0.1) is 23.2 Å². The summed E-state index contributed by atoms with van der Waals surface area (Å²) in [6.07, 6.45) is 0. The summed E-state index contributed by atoms with van der Waals surface area (Å²) in [4.78, 5) is -1.37. The first kappa shape index (κ1) is 16.3. The Balaban J connectivity index is 5.14. The van der Waals surface area contributed by atoms with Gasteiger partial charge in [0, 0.05) is 0 Å². The van der Waals surface area contributed by atoms with E-state index in [1.165, 1.54) is 0 Å². The van der Waals surface area contributed by atoms with E-state index in [0.29, 0.717) is 0 Å². The summed E-state index contributed by atoms with van der Waals surface area (Å²) in [5, 5.41) is 10.6. The van der Waals surface area contributed by atoms with E-state index in [-0.39, 0.29) is 0 Å². The van der Waals surface area contributed by atoms with Crippen LogP contribution in [0.2, 0.25) is 0 Å². The molecule has 0 aliphatic heterocycles. The van der Waals surface area contributed by atoms with Crippen LogP contribution in [0.5, 0.6) is 0 Å². The molecule has 0 N–H and O–H groups in total. The van der Waals surface area contributed by atoms with Crippen molar-refractivity contribution >= 4 is 92.8 Å². The predicted octanol–water partition coefficient (Wildman–Crippen LogP) is 4.74. The molecule has 14 heavy (non-hydrogen) atoms. The van der Waals surface area contributed by atoms with Crippen LogP contribution in [0.25, 0.3) is 0 Å². The SMILES string of the molecule is [O]CC(Cl)(Cl)C(Cl)(Cl)C(Cl)(Cl)C(Cl)Cl. The Morgan fingerprint density at radius 3 is 1.50 bits per heavy atom. The van der Waals surface area contributed by atoms with Crippen LogP contribution in [-0.4, -0.2) is 24.4 Å². The van der Waals surface area contributed by atoms with Gasteiger partial charge in [-0.2, -0.15) is 0 Å². The van der Waals surface area contributed by atoms with Crippen LogP contribution in [0.15, 0.2) is 0 Å². The lowest BCUT2D eigenvalue weighted by Gasteiger charge is -2.40. The van der Waals surface area contributed by atoms with E-state index in [4.69, 9.17) is 92.8 Å². The summed E-state index contributed by atoms with van der Waals surface area (Å²) < 4.78 is -6.39. The van der Waals surface area contributed by atoms with Gasteiger partial charge in [-0.05, 0) is 0 Å². The fourth-order valence-corrected chi connectivity index (χ4v) is 2.16. The maximum Gasteiger partial charge on any atom is 0.188 e. The highest BCUT2D eigenvalue weighted by atomic mass is 35.6. The molecule has 0 fully saturated rings. The highest BCUT2D eigenvalue weighted by Gasteiger charge is 2.63. The second-order valence-corrected chi connectivity index (χ2v) is 7.64. The van der Waals surface area contributed by atoms with Gasteiger partial charge in [-0.3, -0.25) is 0 Å². The molecular weight excluding hydrogens is 360 g/mol. The fourth-order valence-electron chi connectivity index (χ4n) is 0.472. The standard InChI is InChI=1S/C5H3Cl8O/c6-2(7)4(10,11)5(12,13)3(8,9)1-14/h2H,1H2. The van der Waals surface area contributed by atoms with Gasteiger partial charge in [0.05, 0.1) is 0 Å². The number of alkyl halides is 8. The molecular formula is C5H3Cl8O. The lowest BCUT2D eigenvalue weighted by molar-refractivity contribution is 0.174. The van der Waals surface area contributed by atoms with Crippen molar-refractivity contribution in [2.45, 2.75) is 17.8 Å². The number of hydrogen-bond acceptors (Lipinski definition) is 0. The number of rotatable bonds is 4. The Kier molecular flexibility index (Phi) is 6.15. The predicted molar refractivity (Wildman–Crippen MR) is 64.4 cm³/mol. The van der Waals surface area contributed by atoms with Gasteiger partial charge in [-0.25, -0.2) is 5.11 Å². The highest BCUT2D eigenvalue weighted by molar-refractivity contribution is 6.72. The molecule has 0 saturated heterocycles. The lowest BCUT2D eigenvalue weighted by Crippen LogP contribution is -2.54. The Morgan fingerprint density at radius 1 is 0.929 bits per heavy atom.